The van der Waals surface area contributed by atoms with Gasteiger partial charge < -0.3 is 5.32 Å². The fraction of sp³-hybridized carbons (Fsp3) is 0.692. The Morgan fingerprint density at radius 2 is 2.12 bits per heavy atom. The van der Waals surface area contributed by atoms with Crippen molar-refractivity contribution in [1.82, 2.24) is 5.32 Å². The van der Waals surface area contributed by atoms with Gasteiger partial charge >= 0.3 is 0 Å². The normalized spacial score (nSPS) is 12.4. The minimum Gasteiger partial charge on any atom is -0.314 e. The molecule has 1 nitrogen and oxygen atoms in total. The van der Waals surface area contributed by atoms with Gasteiger partial charge in [-0.05, 0) is 40.3 Å². The molecule has 0 unspecified atom stereocenters. The molecule has 1 N–H and O–H groups in total. The van der Waals surface area contributed by atoms with E-state index in [0.29, 0.717) is 11.5 Å². The minimum atomic E-state index is 0.327. The van der Waals surface area contributed by atoms with Crippen LogP contribution in [0.3, 0.4) is 0 Å². The molecule has 4 heteroatoms. The minimum absolute atomic E-state index is 0.327. The lowest BCUT2D eigenvalue weighted by molar-refractivity contribution is 0.305. The lowest BCUT2D eigenvalue weighted by Crippen LogP contribution is -2.34. The molecule has 0 aromatic carbocycles. The highest BCUT2D eigenvalue weighted by Crippen LogP contribution is 2.34. The summed E-state index contributed by atoms with van der Waals surface area (Å²) in [6, 6.07) is 2.69. The molecule has 1 aromatic rings. The maximum absolute atomic E-state index is 6.04. The zero-order chi connectivity index (χ0) is 13.1. The van der Waals surface area contributed by atoms with E-state index >= 15 is 0 Å². The van der Waals surface area contributed by atoms with Gasteiger partial charge in [-0.2, -0.15) is 0 Å². The first-order chi connectivity index (χ1) is 7.80. The lowest BCUT2D eigenvalue weighted by Gasteiger charge is -2.26. The molecule has 0 amide bonds. The van der Waals surface area contributed by atoms with E-state index in [2.05, 4.69) is 55.0 Å². The maximum Gasteiger partial charge on any atom is 0.107 e. The molecule has 1 aromatic heterocycles. The van der Waals surface area contributed by atoms with E-state index in [1.54, 1.807) is 11.3 Å². The average molecular weight is 339 g/mol. The number of hydrogen-bond donors (Lipinski definition) is 1. The van der Waals surface area contributed by atoms with Crippen molar-refractivity contribution in [3.63, 3.8) is 0 Å². The summed E-state index contributed by atoms with van der Waals surface area (Å²) in [5.41, 5.74) is 0.327. The summed E-state index contributed by atoms with van der Waals surface area (Å²) in [4.78, 5) is 1.36. The van der Waals surface area contributed by atoms with Gasteiger partial charge in [0.2, 0.25) is 0 Å². The number of nitrogens with one attached hydrogen (secondary N) is 1. The highest BCUT2D eigenvalue weighted by atomic mass is 79.9. The average Bonchev–Trinajstić information content (AvgIpc) is 2.53. The van der Waals surface area contributed by atoms with Gasteiger partial charge in [0.05, 0.1) is 0 Å². The zero-order valence-electron chi connectivity index (χ0n) is 10.9. The predicted molar refractivity (Wildman–Crippen MR) is 82.3 cm³/mol. The number of thiophene rings is 1. The number of hydrogen-bond acceptors (Lipinski definition) is 2. The molecule has 0 atom stereocenters. The van der Waals surface area contributed by atoms with Crippen molar-refractivity contribution in [3.8, 4) is 0 Å². The summed E-state index contributed by atoms with van der Waals surface area (Å²) in [6.45, 7) is 10.1. The fourth-order valence-corrected chi connectivity index (χ4v) is 3.34. The van der Waals surface area contributed by atoms with E-state index < -0.39 is 0 Å². The Hall–Kier alpha value is 0.430. The molecule has 0 aliphatic carbocycles. The third-order valence-corrected chi connectivity index (χ3v) is 5.27. The number of aryl methyl sites for hydroxylation is 1. The second-order valence-corrected chi connectivity index (χ2v) is 8.13. The molecule has 0 saturated carbocycles. The monoisotopic (exact) mass is 337 g/mol. The van der Waals surface area contributed by atoms with Gasteiger partial charge in [0, 0.05) is 21.9 Å². The second kappa shape index (κ2) is 6.55. The van der Waals surface area contributed by atoms with E-state index in [1.807, 2.05) is 0 Å². The molecule has 17 heavy (non-hydrogen) atoms. The Labute approximate surface area is 122 Å². The van der Waals surface area contributed by atoms with Gasteiger partial charge in [0.25, 0.3) is 0 Å². The van der Waals surface area contributed by atoms with Crippen molar-refractivity contribution in [2.45, 2.75) is 46.6 Å². The molecule has 0 aliphatic rings. The van der Waals surface area contributed by atoms with E-state index in [9.17, 15) is 0 Å². The van der Waals surface area contributed by atoms with Crippen LogP contribution in [-0.4, -0.2) is 12.6 Å². The third kappa shape index (κ3) is 5.73. The van der Waals surface area contributed by atoms with E-state index in [1.165, 1.54) is 11.3 Å². The first-order valence-electron chi connectivity index (χ1n) is 5.97. The topological polar surface area (TPSA) is 12.0 Å². The molecule has 1 rings (SSSR count). The van der Waals surface area contributed by atoms with Crippen molar-refractivity contribution < 1.29 is 0 Å². The molecule has 0 aliphatic heterocycles. The summed E-state index contributed by atoms with van der Waals surface area (Å²) in [6.07, 6.45) is 2.28. The SMILES string of the molecule is CC(C)NCC(C)(C)CCc1cc(Br)c(Cl)s1. The molecule has 0 bridgehead atoms. The summed E-state index contributed by atoms with van der Waals surface area (Å²) in [5, 5.41) is 3.51. The van der Waals surface area contributed by atoms with Gasteiger partial charge in [-0.1, -0.05) is 39.3 Å². The molecular formula is C13H21BrClNS. The number of halogens is 2. The van der Waals surface area contributed by atoms with Crippen LogP contribution in [-0.2, 0) is 6.42 Å². The molecule has 0 radical (unpaired) electrons. The highest BCUT2D eigenvalue weighted by Gasteiger charge is 2.18. The van der Waals surface area contributed by atoms with Crippen LogP contribution in [0.25, 0.3) is 0 Å². The highest BCUT2D eigenvalue weighted by molar-refractivity contribution is 9.10. The molecule has 0 saturated heterocycles. The Kier molecular flexibility index (Phi) is 5.97. The number of rotatable bonds is 6. The van der Waals surface area contributed by atoms with Gasteiger partial charge in [0.1, 0.15) is 4.34 Å². The Balaban J connectivity index is 2.43. The van der Waals surface area contributed by atoms with E-state index in [4.69, 9.17) is 11.6 Å². The van der Waals surface area contributed by atoms with Gasteiger partial charge in [0.15, 0.2) is 0 Å². The summed E-state index contributed by atoms with van der Waals surface area (Å²) in [7, 11) is 0. The van der Waals surface area contributed by atoms with Crippen LogP contribution in [0.5, 0.6) is 0 Å². The van der Waals surface area contributed by atoms with Crippen molar-refractivity contribution in [1.29, 1.82) is 0 Å². The predicted octanol–water partition coefficient (Wildman–Crippen LogP) is 5.12. The van der Waals surface area contributed by atoms with Gasteiger partial charge in [-0.3, -0.25) is 0 Å². The van der Waals surface area contributed by atoms with Crippen LogP contribution in [0.1, 0.15) is 39.0 Å². The van der Waals surface area contributed by atoms with Crippen LogP contribution >= 0.6 is 38.9 Å². The molecule has 0 fully saturated rings. The van der Waals surface area contributed by atoms with Crippen LogP contribution < -0.4 is 5.32 Å². The van der Waals surface area contributed by atoms with Crippen molar-refractivity contribution in [2.75, 3.05) is 6.54 Å². The first kappa shape index (κ1) is 15.5. The molecule has 98 valence electrons. The maximum atomic E-state index is 6.04. The van der Waals surface area contributed by atoms with Crippen LogP contribution in [0, 0.1) is 5.41 Å². The van der Waals surface area contributed by atoms with Gasteiger partial charge in [-0.25, -0.2) is 0 Å². The Morgan fingerprint density at radius 1 is 1.47 bits per heavy atom. The van der Waals surface area contributed by atoms with Crippen LogP contribution in [0.2, 0.25) is 4.34 Å². The van der Waals surface area contributed by atoms with Gasteiger partial charge in [-0.15, -0.1) is 11.3 Å². The van der Waals surface area contributed by atoms with Crippen molar-refractivity contribution >= 4 is 38.9 Å². The smallest absolute Gasteiger partial charge is 0.107 e. The molecule has 1 heterocycles. The van der Waals surface area contributed by atoms with Crippen LogP contribution in [0.15, 0.2) is 10.5 Å². The summed E-state index contributed by atoms with van der Waals surface area (Å²) in [5.74, 6) is 0. The molecule has 0 spiro atoms. The Bertz CT molecular complexity index is 341. The van der Waals surface area contributed by atoms with Crippen molar-refractivity contribution in [2.24, 2.45) is 5.41 Å². The van der Waals surface area contributed by atoms with Crippen molar-refractivity contribution in [3.05, 3.63) is 19.8 Å². The Morgan fingerprint density at radius 3 is 2.59 bits per heavy atom. The van der Waals surface area contributed by atoms with E-state index in [0.717, 1.165) is 21.8 Å². The summed E-state index contributed by atoms with van der Waals surface area (Å²) < 4.78 is 1.88. The molecular weight excluding hydrogens is 318 g/mol. The second-order valence-electron chi connectivity index (χ2n) is 5.53. The van der Waals surface area contributed by atoms with E-state index in [-0.39, 0.29) is 0 Å². The zero-order valence-corrected chi connectivity index (χ0v) is 14.1. The fourth-order valence-electron chi connectivity index (χ4n) is 1.54. The first-order valence-corrected chi connectivity index (χ1v) is 7.96. The largest absolute Gasteiger partial charge is 0.314 e. The van der Waals surface area contributed by atoms with Crippen LogP contribution in [0.4, 0.5) is 0 Å². The summed E-state index contributed by atoms with van der Waals surface area (Å²) >= 11 is 11.2. The third-order valence-electron chi connectivity index (χ3n) is 2.73. The lowest BCUT2D eigenvalue weighted by atomic mass is 9.87. The standard InChI is InChI=1S/C13H21BrClNS/c1-9(2)16-8-13(3,4)6-5-10-7-11(14)12(15)17-10/h7,9,16H,5-6,8H2,1-4H3. The quantitative estimate of drug-likeness (QED) is 0.759.